The Labute approximate surface area is 133 Å². The zero-order chi connectivity index (χ0) is 16.1. The van der Waals surface area contributed by atoms with Gasteiger partial charge in [-0.05, 0) is 26.0 Å². The average molecular weight is 321 g/mol. The number of benzene rings is 1. The van der Waals surface area contributed by atoms with E-state index in [4.69, 9.17) is 11.6 Å². The van der Waals surface area contributed by atoms with Crippen LogP contribution >= 0.6 is 11.6 Å². The van der Waals surface area contributed by atoms with Crippen LogP contribution < -0.4 is 10.6 Å². The summed E-state index contributed by atoms with van der Waals surface area (Å²) in [4.78, 5) is 23.7. The third kappa shape index (κ3) is 3.65. The van der Waals surface area contributed by atoms with E-state index in [1.165, 1.54) is 10.9 Å². The fourth-order valence-corrected chi connectivity index (χ4v) is 2.10. The number of carbonyl (C=O) groups is 2. The van der Waals surface area contributed by atoms with Crippen molar-refractivity contribution in [3.05, 3.63) is 47.2 Å². The highest BCUT2D eigenvalue weighted by atomic mass is 35.5. The molecule has 0 fully saturated rings. The predicted octanol–water partition coefficient (Wildman–Crippen LogP) is 1.78. The molecule has 2 N–H and O–H groups in total. The fourth-order valence-electron chi connectivity index (χ4n) is 1.88. The molecule has 0 saturated heterocycles. The molecular weight excluding hydrogens is 304 g/mol. The number of nitrogens with zero attached hydrogens (tertiary/aromatic N) is 2. The van der Waals surface area contributed by atoms with Gasteiger partial charge in [-0.2, -0.15) is 5.10 Å². The van der Waals surface area contributed by atoms with E-state index in [1.54, 1.807) is 25.3 Å². The highest BCUT2D eigenvalue weighted by Gasteiger charge is 2.17. The number of amides is 2. The highest BCUT2D eigenvalue weighted by Crippen LogP contribution is 2.19. The molecular formula is C15H17ClN4O2. The van der Waals surface area contributed by atoms with Crippen LogP contribution in [0.4, 0.5) is 0 Å². The second-order valence-corrected chi connectivity index (χ2v) is 5.12. The fraction of sp³-hybridized carbons (Fsp3) is 0.267. The molecule has 7 heteroatoms. The van der Waals surface area contributed by atoms with Crippen LogP contribution in [0, 0.1) is 0 Å². The molecule has 1 heterocycles. The first kappa shape index (κ1) is 16.0. The normalized spacial score (nSPS) is 11.8. The molecule has 1 unspecified atom stereocenters. The molecule has 0 aliphatic heterocycles. The Morgan fingerprint density at radius 2 is 2.09 bits per heavy atom. The van der Waals surface area contributed by atoms with Crippen LogP contribution in [-0.4, -0.2) is 34.2 Å². The van der Waals surface area contributed by atoms with Gasteiger partial charge < -0.3 is 10.6 Å². The van der Waals surface area contributed by atoms with Gasteiger partial charge >= 0.3 is 0 Å². The van der Waals surface area contributed by atoms with Crippen molar-refractivity contribution in [2.75, 3.05) is 6.54 Å². The summed E-state index contributed by atoms with van der Waals surface area (Å²) in [6, 6.07) is 6.58. The number of hydrogen-bond acceptors (Lipinski definition) is 3. The molecule has 2 aromatic rings. The molecule has 6 nitrogen and oxygen atoms in total. The van der Waals surface area contributed by atoms with Crippen molar-refractivity contribution in [1.82, 2.24) is 20.4 Å². The van der Waals surface area contributed by atoms with Gasteiger partial charge in [0.25, 0.3) is 5.91 Å². The molecule has 2 amide bonds. The van der Waals surface area contributed by atoms with Crippen LogP contribution in [0.1, 0.15) is 24.2 Å². The van der Waals surface area contributed by atoms with Crippen molar-refractivity contribution < 1.29 is 9.59 Å². The van der Waals surface area contributed by atoms with Crippen LogP contribution in [-0.2, 0) is 4.79 Å². The van der Waals surface area contributed by atoms with Crippen molar-refractivity contribution >= 4 is 23.4 Å². The number of carbonyl (C=O) groups excluding carboxylic acids is 2. The van der Waals surface area contributed by atoms with E-state index in [-0.39, 0.29) is 11.8 Å². The summed E-state index contributed by atoms with van der Waals surface area (Å²) in [6.45, 7) is 3.96. The smallest absolute Gasteiger partial charge is 0.255 e. The molecule has 1 atom stereocenters. The molecule has 0 aliphatic rings. The maximum Gasteiger partial charge on any atom is 0.255 e. The topological polar surface area (TPSA) is 76.0 Å². The third-order valence-corrected chi connectivity index (χ3v) is 3.36. The van der Waals surface area contributed by atoms with Gasteiger partial charge in [0.2, 0.25) is 5.91 Å². The number of likely N-dealkylation sites (N-methyl/N-ethyl adjacent to an activating group) is 1. The summed E-state index contributed by atoms with van der Waals surface area (Å²) < 4.78 is 1.52. The lowest BCUT2D eigenvalue weighted by molar-refractivity contribution is -0.122. The Balaban J connectivity index is 2.10. The van der Waals surface area contributed by atoms with E-state index >= 15 is 0 Å². The molecule has 0 radical (unpaired) electrons. The van der Waals surface area contributed by atoms with E-state index in [2.05, 4.69) is 15.7 Å². The molecule has 0 spiro atoms. The summed E-state index contributed by atoms with van der Waals surface area (Å²) in [5, 5.41) is 9.93. The number of para-hydroxylation sites is 1. The van der Waals surface area contributed by atoms with Crippen LogP contribution in [0.5, 0.6) is 0 Å². The first-order chi connectivity index (χ1) is 10.5. The molecule has 0 saturated carbocycles. The van der Waals surface area contributed by atoms with Crippen molar-refractivity contribution in [3.8, 4) is 5.69 Å². The predicted molar refractivity (Wildman–Crippen MR) is 84.2 cm³/mol. The zero-order valence-electron chi connectivity index (χ0n) is 12.3. The SMILES string of the molecule is CCNC(=O)C(C)NC(=O)c1cnn(-c2ccccc2Cl)c1. The number of rotatable bonds is 5. The highest BCUT2D eigenvalue weighted by molar-refractivity contribution is 6.32. The average Bonchev–Trinajstić information content (AvgIpc) is 2.97. The summed E-state index contributed by atoms with van der Waals surface area (Å²) >= 11 is 6.09. The maximum absolute atomic E-state index is 12.1. The molecule has 2 rings (SSSR count). The summed E-state index contributed by atoms with van der Waals surface area (Å²) in [5.74, 6) is -0.591. The number of halogens is 1. The monoisotopic (exact) mass is 320 g/mol. The molecule has 0 aliphatic carbocycles. The summed E-state index contributed by atoms with van der Waals surface area (Å²) in [6.07, 6.45) is 3.00. The zero-order valence-corrected chi connectivity index (χ0v) is 13.1. The molecule has 22 heavy (non-hydrogen) atoms. The van der Waals surface area contributed by atoms with Crippen LogP contribution in [0.2, 0.25) is 5.02 Å². The van der Waals surface area contributed by atoms with Gasteiger partial charge in [0.15, 0.2) is 0 Å². The van der Waals surface area contributed by atoms with Gasteiger partial charge in [0, 0.05) is 12.7 Å². The molecule has 1 aromatic heterocycles. The van der Waals surface area contributed by atoms with Gasteiger partial charge in [-0.1, -0.05) is 23.7 Å². The maximum atomic E-state index is 12.1. The lowest BCUT2D eigenvalue weighted by atomic mass is 10.2. The molecule has 116 valence electrons. The number of hydrogen-bond donors (Lipinski definition) is 2. The largest absolute Gasteiger partial charge is 0.355 e. The quantitative estimate of drug-likeness (QED) is 0.881. The van der Waals surface area contributed by atoms with E-state index in [9.17, 15) is 9.59 Å². The lowest BCUT2D eigenvalue weighted by Gasteiger charge is -2.12. The van der Waals surface area contributed by atoms with Gasteiger partial charge in [-0.3, -0.25) is 9.59 Å². The first-order valence-corrected chi connectivity index (χ1v) is 7.29. The van der Waals surface area contributed by atoms with E-state index in [0.717, 1.165) is 0 Å². The number of aromatic nitrogens is 2. The van der Waals surface area contributed by atoms with Crippen LogP contribution in [0.25, 0.3) is 5.69 Å². The summed E-state index contributed by atoms with van der Waals surface area (Å²) in [5.41, 5.74) is 1.04. The second kappa shape index (κ2) is 7.09. The van der Waals surface area contributed by atoms with E-state index < -0.39 is 6.04 Å². The Kier molecular flexibility index (Phi) is 5.16. The Morgan fingerprint density at radius 3 is 2.77 bits per heavy atom. The van der Waals surface area contributed by atoms with Crippen molar-refractivity contribution in [1.29, 1.82) is 0 Å². The minimum absolute atomic E-state index is 0.227. The standard InChI is InChI=1S/C15H17ClN4O2/c1-3-17-14(21)10(2)19-15(22)11-8-18-20(9-11)13-7-5-4-6-12(13)16/h4-10H,3H2,1-2H3,(H,17,21)(H,19,22). The van der Waals surface area contributed by atoms with Crippen molar-refractivity contribution in [3.63, 3.8) is 0 Å². The number of nitrogens with one attached hydrogen (secondary N) is 2. The molecule has 1 aromatic carbocycles. The summed E-state index contributed by atoms with van der Waals surface area (Å²) in [7, 11) is 0. The van der Waals surface area contributed by atoms with Gasteiger partial charge in [0.1, 0.15) is 6.04 Å². The molecule has 0 bridgehead atoms. The third-order valence-electron chi connectivity index (χ3n) is 3.04. The minimum atomic E-state index is -0.615. The van der Waals surface area contributed by atoms with Crippen LogP contribution in [0.3, 0.4) is 0 Å². The van der Waals surface area contributed by atoms with Crippen molar-refractivity contribution in [2.45, 2.75) is 19.9 Å². The van der Waals surface area contributed by atoms with Crippen molar-refractivity contribution in [2.24, 2.45) is 0 Å². The Hall–Kier alpha value is -2.34. The van der Waals surface area contributed by atoms with Gasteiger partial charge in [-0.25, -0.2) is 4.68 Å². The first-order valence-electron chi connectivity index (χ1n) is 6.91. The Bertz CT molecular complexity index is 684. The van der Waals surface area contributed by atoms with Gasteiger partial charge in [-0.15, -0.1) is 0 Å². The van der Waals surface area contributed by atoms with Gasteiger partial charge in [0.05, 0.1) is 22.5 Å². The van der Waals surface area contributed by atoms with E-state index in [1.807, 2.05) is 19.1 Å². The lowest BCUT2D eigenvalue weighted by Crippen LogP contribution is -2.44. The second-order valence-electron chi connectivity index (χ2n) is 4.71. The Morgan fingerprint density at radius 1 is 1.36 bits per heavy atom. The van der Waals surface area contributed by atoms with Crippen LogP contribution in [0.15, 0.2) is 36.7 Å². The van der Waals surface area contributed by atoms with E-state index in [0.29, 0.717) is 22.8 Å². The minimum Gasteiger partial charge on any atom is -0.355 e.